The largest absolute Gasteiger partial charge is 0.419 e. The molecular weight excluding hydrogens is 434 g/mol. The number of hydrogen-bond donors (Lipinski definition) is 1. The number of alkyl halides is 3. The fraction of sp³-hybridized carbons (Fsp3) is 0.273. The van der Waals surface area contributed by atoms with Gasteiger partial charge in [-0.15, -0.1) is 0 Å². The molecule has 2 heterocycles. The van der Waals surface area contributed by atoms with Gasteiger partial charge in [-0.1, -0.05) is 17.7 Å². The Kier molecular flexibility index (Phi) is 5.75. The molecule has 1 amide bonds. The second-order valence-electron chi connectivity index (χ2n) is 7.40. The Hall–Kier alpha value is -2.87. The van der Waals surface area contributed by atoms with E-state index in [0.29, 0.717) is 37.0 Å². The van der Waals surface area contributed by atoms with Crippen LogP contribution < -0.4 is 10.2 Å². The predicted octanol–water partition coefficient (Wildman–Crippen LogP) is 5.44. The molecule has 4 nitrogen and oxygen atoms in total. The second kappa shape index (κ2) is 8.34. The van der Waals surface area contributed by atoms with Crippen LogP contribution >= 0.6 is 11.6 Å². The Morgan fingerprint density at radius 1 is 1.13 bits per heavy atom. The van der Waals surface area contributed by atoms with Crippen LogP contribution in [0.4, 0.5) is 23.4 Å². The first-order valence-electron chi connectivity index (χ1n) is 9.70. The van der Waals surface area contributed by atoms with E-state index >= 15 is 0 Å². The van der Waals surface area contributed by atoms with Crippen molar-refractivity contribution in [3.8, 4) is 0 Å². The van der Waals surface area contributed by atoms with Crippen molar-refractivity contribution in [2.45, 2.75) is 25.1 Å². The summed E-state index contributed by atoms with van der Waals surface area (Å²) in [5.74, 6) is -1.59. The lowest BCUT2D eigenvalue weighted by molar-refractivity contribution is -0.140. The van der Waals surface area contributed by atoms with Crippen LogP contribution in [0.25, 0.3) is 10.8 Å². The number of hydrogen-bond acceptors (Lipinski definition) is 3. The number of piperidine rings is 1. The molecule has 1 saturated heterocycles. The third-order valence-corrected chi connectivity index (χ3v) is 5.62. The first-order chi connectivity index (χ1) is 14.7. The average Bonchev–Trinajstić information content (AvgIpc) is 2.73. The molecule has 0 bridgehead atoms. The van der Waals surface area contributed by atoms with Gasteiger partial charge in [0.1, 0.15) is 11.6 Å². The smallest absolute Gasteiger partial charge is 0.356 e. The third-order valence-electron chi connectivity index (χ3n) is 5.38. The summed E-state index contributed by atoms with van der Waals surface area (Å²) in [5, 5.41) is 5.22. The maximum atomic E-state index is 14.2. The minimum Gasteiger partial charge on any atom is -0.356 e. The Labute approximate surface area is 180 Å². The Morgan fingerprint density at radius 3 is 2.58 bits per heavy atom. The first kappa shape index (κ1) is 21.4. The minimum atomic E-state index is -4.86. The van der Waals surface area contributed by atoms with E-state index in [2.05, 4.69) is 15.2 Å². The first-order valence-corrected chi connectivity index (χ1v) is 10.1. The average molecular weight is 452 g/mol. The number of carbonyl (C=O) groups excluding carboxylic acids is 1. The van der Waals surface area contributed by atoms with Crippen LogP contribution in [0.5, 0.6) is 0 Å². The molecule has 0 saturated carbocycles. The van der Waals surface area contributed by atoms with Gasteiger partial charge in [0.15, 0.2) is 0 Å². The van der Waals surface area contributed by atoms with Crippen LogP contribution in [0.2, 0.25) is 5.02 Å². The fourth-order valence-electron chi connectivity index (χ4n) is 3.81. The molecule has 1 aromatic heterocycles. The molecule has 0 aliphatic carbocycles. The summed E-state index contributed by atoms with van der Waals surface area (Å²) in [7, 11) is 0. The highest BCUT2D eigenvalue weighted by Crippen LogP contribution is 2.33. The summed E-state index contributed by atoms with van der Waals surface area (Å²) >= 11 is 6.06. The van der Waals surface area contributed by atoms with Gasteiger partial charge in [-0.2, -0.15) is 13.2 Å². The van der Waals surface area contributed by atoms with Crippen molar-refractivity contribution in [3.63, 3.8) is 0 Å². The van der Waals surface area contributed by atoms with E-state index in [0.717, 1.165) is 28.7 Å². The van der Waals surface area contributed by atoms with E-state index in [4.69, 9.17) is 11.6 Å². The predicted molar refractivity (Wildman–Crippen MR) is 111 cm³/mol. The van der Waals surface area contributed by atoms with Gasteiger partial charge in [-0.3, -0.25) is 4.79 Å². The van der Waals surface area contributed by atoms with Crippen molar-refractivity contribution in [2.24, 2.45) is 0 Å². The maximum Gasteiger partial charge on any atom is 0.419 e. The van der Waals surface area contributed by atoms with Crippen molar-refractivity contribution < 1.29 is 22.4 Å². The molecule has 1 aliphatic rings. The van der Waals surface area contributed by atoms with E-state index < -0.39 is 29.0 Å². The quantitative estimate of drug-likeness (QED) is 0.539. The number of pyridine rings is 1. The zero-order valence-corrected chi connectivity index (χ0v) is 17.0. The Morgan fingerprint density at radius 2 is 1.87 bits per heavy atom. The number of fused-ring (bicyclic) bond motifs is 1. The molecule has 4 rings (SSSR count). The fourth-order valence-corrected chi connectivity index (χ4v) is 3.99. The van der Waals surface area contributed by atoms with Crippen molar-refractivity contribution >= 4 is 34.1 Å². The van der Waals surface area contributed by atoms with E-state index in [1.165, 1.54) is 0 Å². The van der Waals surface area contributed by atoms with Gasteiger partial charge in [0, 0.05) is 35.7 Å². The molecule has 2 aromatic carbocycles. The molecule has 0 spiro atoms. The minimum absolute atomic E-state index is 0.276. The lowest BCUT2D eigenvalue weighted by Gasteiger charge is -2.33. The van der Waals surface area contributed by atoms with Gasteiger partial charge in [0.25, 0.3) is 5.91 Å². The molecule has 162 valence electrons. The normalized spacial score (nSPS) is 15.3. The van der Waals surface area contributed by atoms with Gasteiger partial charge >= 0.3 is 6.18 Å². The number of amides is 1. The molecule has 0 radical (unpaired) electrons. The highest BCUT2D eigenvalue weighted by atomic mass is 35.5. The van der Waals surface area contributed by atoms with Crippen LogP contribution in [0, 0.1) is 5.82 Å². The molecule has 0 unspecified atom stereocenters. The number of nitrogens with zero attached hydrogens (tertiary/aromatic N) is 2. The van der Waals surface area contributed by atoms with E-state index in [1.54, 1.807) is 12.3 Å². The van der Waals surface area contributed by atoms with Gasteiger partial charge in [-0.25, -0.2) is 9.37 Å². The molecule has 1 fully saturated rings. The molecule has 9 heteroatoms. The molecule has 3 aromatic rings. The SMILES string of the molecule is O=C(NC1CCN(c2nccc3cc(Cl)ccc23)CC1)c1cccc(C(F)(F)F)c1F. The number of benzene rings is 2. The van der Waals surface area contributed by atoms with Crippen molar-refractivity contribution in [3.05, 3.63) is 70.6 Å². The molecule has 1 N–H and O–H groups in total. The Balaban J connectivity index is 1.44. The van der Waals surface area contributed by atoms with Crippen molar-refractivity contribution in [1.82, 2.24) is 10.3 Å². The summed E-state index contributed by atoms with van der Waals surface area (Å²) < 4.78 is 52.9. The van der Waals surface area contributed by atoms with E-state index in [-0.39, 0.29) is 6.04 Å². The zero-order chi connectivity index (χ0) is 22.2. The number of nitrogens with one attached hydrogen (secondary N) is 1. The number of carbonyl (C=O) groups is 1. The number of aromatic nitrogens is 1. The lowest BCUT2D eigenvalue weighted by Crippen LogP contribution is -2.45. The summed E-state index contributed by atoms with van der Waals surface area (Å²) in [6.45, 7) is 1.18. The molecule has 1 aliphatic heterocycles. The van der Waals surface area contributed by atoms with Gasteiger partial charge in [0.05, 0.1) is 11.1 Å². The number of halogens is 5. The van der Waals surface area contributed by atoms with Crippen LogP contribution in [-0.4, -0.2) is 30.0 Å². The molecule has 0 atom stereocenters. The molecule has 31 heavy (non-hydrogen) atoms. The van der Waals surface area contributed by atoms with Gasteiger partial charge in [0.2, 0.25) is 0 Å². The third kappa shape index (κ3) is 4.44. The highest BCUT2D eigenvalue weighted by Gasteiger charge is 2.36. The molecular formula is C22H18ClF4N3O. The standard InChI is InChI=1S/C22H18ClF4N3O/c23-14-4-5-16-13(12-14)6-9-28-20(16)30-10-7-15(8-11-30)29-21(31)17-2-1-3-18(19(17)24)22(25,26)27/h1-6,9,12,15H,7-8,10-11H2,(H,29,31). The Bertz CT molecular complexity index is 1130. The summed E-state index contributed by atoms with van der Waals surface area (Å²) in [6, 6.07) is 9.87. The van der Waals surface area contributed by atoms with Crippen molar-refractivity contribution in [2.75, 3.05) is 18.0 Å². The second-order valence-corrected chi connectivity index (χ2v) is 7.84. The van der Waals surface area contributed by atoms with Crippen molar-refractivity contribution in [1.29, 1.82) is 0 Å². The van der Waals surface area contributed by atoms with Crippen LogP contribution in [0.3, 0.4) is 0 Å². The topological polar surface area (TPSA) is 45.2 Å². The van der Waals surface area contributed by atoms with Gasteiger partial charge in [-0.05, 0) is 54.6 Å². The van der Waals surface area contributed by atoms with Crippen LogP contribution in [0.15, 0.2) is 48.7 Å². The number of rotatable bonds is 3. The van der Waals surface area contributed by atoms with Gasteiger partial charge < -0.3 is 10.2 Å². The van der Waals surface area contributed by atoms with Crippen LogP contribution in [-0.2, 0) is 6.18 Å². The summed E-state index contributed by atoms with van der Waals surface area (Å²) in [4.78, 5) is 19.0. The lowest BCUT2D eigenvalue weighted by atomic mass is 10.0. The highest BCUT2D eigenvalue weighted by molar-refractivity contribution is 6.31. The zero-order valence-electron chi connectivity index (χ0n) is 16.2. The maximum absolute atomic E-state index is 14.2. The number of anilines is 1. The summed E-state index contributed by atoms with van der Waals surface area (Å²) in [6.07, 6.45) is -2.05. The summed E-state index contributed by atoms with van der Waals surface area (Å²) in [5.41, 5.74) is -2.05. The van der Waals surface area contributed by atoms with E-state index in [1.807, 2.05) is 18.2 Å². The van der Waals surface area contributed by atoms with Crippen LogP contribution in [0.1, 0.15) is 28.8 Å². The van der Waals surface area contributed by atoms with E-state index in [9.17, 15) is 22.4 Å². The monoisotopic (exact) mass is 451 g/mol.